The van der Waals surface area contributed by atoms with Crippen LogP contribution in [0.3, 0.4) is 0 Å². The molecule has 1 heteroatoms. The molecular formula is C17H24S. The van der Waals surface area contributed by atoms with Crippen LogP contribution in [0.25, 0.3) is 0 Å². The third-order valence-electron chi connectivity index (χ3n) is 4.82. The fourth-order valence-corrected chi connectivity index (χ4v) is 5.40. The zero-order valence-electron chi connectivity index (χ0n) is 11.2. The summed E-state index contributed by atoms with van der Waals surface area (Å²) in [5.74, 6) is 3.33. The average Bonchev–Trinajstić information content (AvgIpc) is 2.46. The Kier molecular flexibility index (Phi) is 4.30. The summed E-state index contributed by atoms with van der Waals surface area (Å²) in [7, 11) is 0. The van der Waals surface area contributed by atoms with E-state index >= 15 is 0 Å². The Morgan fingerprint density at radius 3 is 2.56 bits per heavy atom. The fraction of sp³-hybridized carbons (Fsp3) is 0.647. The molecule has 18 heavy (non-hydrogen) atoms. The van der Waals surface area contributed by atoms with Crippen molar-refractivity contribution >= 4 is 11.8 Å². The van der Waals surface area contributed by atoms with Gasteiger partial charge in [0, 0.05) is 11.0 Å². The quantitative estimate of drug-likeness (QED) is 0.712. The number of rotatable bonds is 3. The van der Waals surface area contributed by atoms with E-state index in [4.69, 9.17) is 0 Å². The molecule has 2 aliphatic carbocycles. The number of fused-ring (bicyclic) bond motifs is 1. The maximum absolute atomic E-state index is 2.27. The summed E-state index contributed by atoms with van der Waals surface area (Å²) >= 11 is 2.24. The van der Waals surface area contributed by atoms with E-state index in [1.807, 2.05) is 0 Å². The summed E-state index contributed by atoms with van der Waals surface area (Å²) in [4.78, 5) is 0. The molecule has 0 aliphatic heterocycles. The van der Waals surface area contributed by atoms with Gasteiger partial charge in [0.2, 0.25) is 0 Å². The summed E-state index contributed by atoms with van der Waals surface area (Å²) in [6.07, 6.45) is 10.5. The molecule has 0 bridgehead atoms. The van der Waals surface area contributed by atoms with E-state index in [9.17, 15) is 0 Å². The molecule has 3 unspecified atom stereocenters. The van der Waals surface area contributed by atoms with Crippen molar-refractivity contribution in [1.82, 2.24) is 0 Å². The molecule has 2 saturated carbocycles. The summed E-state index contributed by atoms with van der Waals surface area (Å²) < 4.78 is 0. The Bertz CT molecular complexity index is 357. The van der Waals surface area contributed by atoms with Crippen molar-refractivity contribution < 1.29 is 0 Å². The third kappa shape index (κ3) is 2.93. The molecule has 0 saturated heterocycles. The van der Waals surface area contributed by atoms with Crippen molar-refractivity contribution in [2.75, 3.05) is 0 Å². The second-order valence-electron chi connectivity index (χ2n) is 5.97. The maximum atomic E-state index is 2.27. The van der Waals surface area contributed by atoms with Crippen LogP contribution in [-0.2, 0) is 5.75 Å². The first kappa shape index (κ1) is 12.6. The van der Waals surface area contributed by atoms with Crippen molar-refractivity contribution in [3.05, 3.63) is 35.9 Å². The summed E-state index contributed by atoms with van der Waals surface area (Å²) in [6, 6.07) is 11.0. The van der Waals surface area contributed by atoms with Gasteiger partial charge in [-0.2, -0.15) is 11.8 Å². The molecule has 3 rings (SSSR count). The fourth-order valence-electron chi connectivity index (χ4n) is 3.86. The minimum atomic E-state index is 0.948. The molecule has 0 aromatic heterocycles. The van der Waals surface area contributed by atoms with Gasteiger partial charge in [0.05, 0.1) is 0 Å². The van der Waals surface area contributed by atoms with Gasteiger partial charge < -0.3 is 0 Å². The molecule has 2 fully saturated rings. The Morgan fingerprint density at radius 1 is 0.889 bits per heavy atom. The zero-order chi connectivity index (χ0) is 12.2. The highest BCUT2D eigenvalue weighted by Crippen LogP contribution is 2.45. The Labute approximate surface area is 116 Å². The highest BCUT2D eigenvalue weighted by atomic mass is 32.2. The lowest BCUT2D eigenvalue weighted by Gasteiger charge is -2.41. The molecule has 0 radical (unpaired) electrons. The molecule has 3 atom stereocenters. The van der Waals surface area contributed by atoms with Gasteiger partial charge in [-0.25, -0.2) is 0 Å². The van der Waals surface area contributed by atoms with Crippen LogP contribution in [-0.4, -0.2) is 5.25 Å². The van der Waals surface area contributed by atoms with Crippen molar-refractivity contribution in [3.63, 3.8) is 0 Å². The van der Waals surface area contributed by atoms with Crippen LogP contribution in [0, 0.1) is 11.8 Å². The maximum Gasteiger partial charge on any atom is 0.0187 e. The predicted molar refractivity (Wildman–Crippen MR) is 80.8 cm³/mol. The number of hydrogen-bond acceptors (Lipinski definition) is 1. The van der Waals surface area contributed by atoms with Gasteiger partial charge in [-0.3, -0.25) is 0 Å². The Hall–Kier alpha value is -0.430. The lowest BCUT2D eigenvalue weighted by molar-refractivity contribution is 0.178. The van der Waals surface area contributed by atoms with Crippen LogP contribution in [0.4, 0.5) is 0 Å². The summed E-state index contributed by atoms with van der Waals surface area (Å²) in [6.45, 7) is 0. The van der Waals surface area contributed by atoms with Crippen LogP contribution in [0.2, 0.25) is 0 Å². The molecule has 1 aromatic carbocycles. The van der Waals surface area contributed by atoms with Crippen molar-refractivity contribution in [3.8, 4) is 0 Å². The molecule has 0 spiro atoms. The predicted octanol–water partition coefficient (Wildman–Crippen LogP) is 5.28. The van der Waals surface area contributed by atoms with Crippen molar-refractivity contribution in [1.29, 1.82) is 0 Å². The molecule has 98 valence electrons. The second-order valence-corrected chi connectivity index (χ2v) is 7.20. The average molecular weight is 260 g/mol. The largest absolute Gasteiger partial charge is 0.153 e. The van der Waals surface area contributed by atoms with Crippen molar-refractivity contribution in [2.24, 2.45) is 11.8 Å². The normalized spacial score (nSPS) is 31.9. The first-order valence-corrected chi connectivity index (χ1v) is 8.64. The molecular weight excluding hydrogens is 236 g/mol. The van der Waals surface area contributed by atoms with Gasteiger partial charge in [0.15, 0.2) is 0 Å². The SMILES string of the molecule is c1ccc(CSC2CCCC3CCCCC32)cc1. The van der Waals surface area contributed by atoms with Gasteiger partial charge in [0.1, 0.15) is 0 Å². The Morgan fingerprint density at radius 2 is 1.67 bits per heavy atom. The number of benzene rings is 1. The minimum Gasteiger partial charge on any atom is -0.153 e. The molecule has 0 nitrogen and oxygen atoms in total. The van der Waals surface area contributed by atoms with Crippen LogP contribution in [0.15, 0.2) is 30.3 Å². The molecule has 0 N–H and O–H groups in total. The van der Waals surface area contributed by atoms with Crippen LogP contribution in [0.5, 0.6) is 0 Å². The van der Waals surface area contributed by atoms with Crippen molar-refractivity contribution in [2.45, 2.75) is 55.9 Å². The van der Waals surface area contributed by atoms with E-state index in [0.29, 0.717) is 0 Å². The number of hydrogen-bond donors (Lipinski definition) is 0. The lowest BCUT2D eigenvalue weighted by atomic mass is 9.71. The van der Waals surface area contributed by atoms with Crippen LogP contribution in [0.1, 0.15) is 50.5 Å². The van der Waals surface area contributed by atoms with Gasteiger partial charge >= 0.3 is 0 Å². The first-order chi connectivity index (χ1) is 8.93. The van der Waals surface area contributed by atoms with E-state index < -0.39 is 0 Å². The van der Waals surface area contributed by atoms with Gasteiger partial charge in [-0.15, -0.1) is 0 Å². The molecule has 2 aliphatic rings. The summed E-state index contributed by atoms with van der Waals surface area (Å²) in [5.41, 5.74) is 1.50. The second kappa shape index (κ2) is 6.14. The van der Waals surface area contributed by atoms with E-state index in [1.54, 1.807) is 0 Å². The minimum absolute atomic E-state index is 0.948. The van der Waals surface area contributed by atoms with Crippen LogP contribution < -0.4 is 0 Å². The Balaban J connectivity index is 1.58. The zero-order valence-corrected chi connectivity index (χ0v) is 12.0. The van der Waals surface area contributed by atoms with Gasteiger partial charge in [-0.05, 0) is 30.2 Å². The topological polar surface area (TPSA) is 0 Å². The monoisotopic (exact) mass is 260 g/mol. The van der Waals surface area contributed by atoms with Crippen LogP contribution >= 0.6 is 11.8 Å². The molecule has 0 heterocycles. The standard InChI is InChI=1S/C17H24S/c1-2-7-14(8-3-1)13-18-17-12-6-10-15-9-4-5-11-16(15)17/h1-3,7-8,15-17H,4-6,9-13H2. The smallest absolute Gasteiger partial charge is 0.0187 e. The molecule has 0 amide bonds. The number of thioether (sulfide) groups is 1. The van der Waals surface area contributed by atoms with Gasteiger partial charge in [0.25, 0.3) is 0 Å². The van der Waals surface area contributed by atoms with E-state index in [-0.39, 0.29) is 0 Å². The highest BCUT2D eigenvalue weighted by Gasteiger charge is 2.34. The third-order valence-corrected chi connectivity index (χ3v) is 6.33. The summed E-state index contributed by atoms with van der Waals surface area (Å²) in [5, 5.41) is 0.948. The first-order valence-electron chi connectivity index (χ1n) is 7.59. The molecule has 1 aromatic rings. The van der Waals surface area contributed by atoms with E-state index in [2.05, 4.69) is 42.1 Å². The highest BCUT2D eigenvalue weighted by molar-refractivity contribution is 7.99. The lowest BCUT2D eigenvalue weighted by Crippen LogP contribution is -2.32. The van der Waals surface area contributed by atoms with E-state index in [1.165, 1.54) is 56.3 Å². The van der Waals surface area contributed by atoms with Gasteiger partial charge in [-0.1, -0.05) is 62.4 Å². The van der Waals surface area contributed by atoms with E-state index in [0.717, 1.165) is 17.1 Å².